The molecule has 34 heavy (non-hydrogen) atoms. The van der Waals surface area contributed by atoms with Gasteiger partial charge in [0.1, 0.15) is 11.5 Å². The van der Waals surface area contributed by atoms with Gasteiger partial charge in [-0.1, -0.05) is 77.2 Å². The summed E-state index contributed by atoms with van der Waals surface area (Å²) in [6.07, 6.45) is 10.1. The molecule has 5 heteroatoms. The predicted molar refractivity (Wildman–Crippen MR) is 144 cm³/mol. The van der Waals surface area contributed by atoms with Crippen LogP contribution in [-0.2, 0) is 19.4 Å². The highest BCUT2D eigenvalue weighted by Gasteiger charge is 2.22. The molecule has 0 saturated carbocycles. The first kappa shape index (κ1) is 27.7. The summed E-state index contributed by atoms with van der Waals surface area (Å²) < 4.78 is 0.919. The molecule has 0 saturated heterocycles. The van der Waals surface area contributed by atoms with Gasteiger partial charge in [-0.25, -0.2) is 0 Å². The molecule has 3 N–H and O–H groups in total. The lowest BCUT2D eigenvalue weighted by molar-refractivity contribution is 0.0947. The monoisotopic (exact) mass is 527 g/mol. The summed E-state index contributed by atoms with van der Waals surface area (Å²) in [4.78, 5) is 13.2. The Kier molecular flexibility index (Phi) is 11.4. The van der Waals surface area contributed by atoms with Gasteiger partial charge in [0.15, 0.2) is 0 Å². The van der Waals surface area contributed by atoms with E-state index in [9.17, 15) is 15.0 Å². The number of carbonyl (C=O) groups excluding carboxylic acids is 1. The van der Waals surface area contributed by atoms with Crippen LogP contribution in [0.1, 0.15) is 86.8 Å². The smallest absolute Gasteiger partial charge is 0.255 e. The van der Waals surface area contributed by atoms with Gasteiger partial charge in [-0.2, -0.15) is 0 Å². The minimum atomic E-state index is -0.328. The van der Waals surface area contributed by atoms with E-state index in [1.54, 1.807) is 6.07 Å². The number of aryl methyl sites for hydroxylation is 1. The van der Waals surface area contributed by atoms with E-state index in [-0.39, 0.29) is 23.0 Å². The number of carbonyl (C=O) groups is 1. The Balaban J connectivity index is 2.30. The third kappa shape index (κ3) is 8.35. The highest BCUT2D eigenvalue weighted by atomic mass is 79.9. The molecule has 2 aromatic rings. The minimum absolute atomic E-state index is 0.0414. The second-order valence-corrected chi connectivity index (χ2v) is 9.92. The molecule has 2 rings (SSSR count). The number of hydrogen-bond acceptors (Lipinski definition) is 3. The molecule has 0 spiro atoms. The van der Waals surface area contributed by atoms with Crippen molar-refractivity contribution >= 4 is 21.8 Å². The molecule has 0 atom stereocenters. The molecule has 0 aliphatic rings. The lowest BCUT2D eigenvalue weighted by Crippen LogP contribution is -2.24. The zero-order chi connectivity index (χ0) is 25.1. The fourth-order valence-corrected chi connectivity index (χ4v) is 4.26. The van der Waals surface area contributed by atoms with Crippen LogP contribution in [0, 0.1) is 0 Å². The number of phenols is 2. The number of phenolic OH excluding ortho intramolecular Hbond substituents is 2. The van der Waals surface area contributed by atoms with E-state index in [4.69, 9.17) is 0 Å². The summed E-state index contributed by atoms with van der Waals surface area (Å²) in [5, 5.41) is 24.8. The SMILES string of the molecule is CCCCCc1cc(O)c(C/C=C(\C)CCC=C(C)C)c(O)c1C(=O)NCc1ccccc1Br. The minimum Gasteiger partial charge on any atom is -0.508 e. The number of amides is 1. The van der Waals surface area contributed by atoms with Crippen LogP contribution in [0.15, 0.2) is 58.1 Å². The molecule has 2 aromatic carbocycles. The molecule has 0 aliphatic heterocycles. The fourth-order valence-electron chi connectivity index (χ4n) is 3.84. The van der Waals surface area contributed by atoms with Crippen molar-refractivity contribution in [2.24, 2.45) is 0 Å². The van der Waals surface area contributed by atoms with E-state index in [2.05, 4.69) is 55.0 Å². The topological polar surface area (TPSA) is 69.6 Å². The average Bonchev–Trinajstić information content (AvgIpc) is 2.78. The first-order valence-electron chi connectivity index (χ1n) is 12.1. The Bertz CT molecular complexity index is 1040. The van der Waals surface area contributed by atoms with E-state index in [1.807, 2.05) is 30.3 Å². The Labute approximate surface area is 212 Å². The van der Waals surface area contributed by atoms with Gasteiger partial charge in [-0.05, 0) is 76.1 Å². The normalized spacial score (nSPS) is 11.4. The van der Waals surface area contributed by atoms with Gasteiger partial charge < -0.3 is 15.5 Å². The van der Waals surface area contributed by atoms with Crippen molar-refractivity contribution in [1.29, 1.82) is 0 Å². The number of hydrogen-bond donors (Lipinski definition) is 3. The summed E-state index contributed by atoms with van der Waals surface area (Å²) in [5.41, 5.74) is 4.78. The summed E-state index contributed by atoms with van der Waals surface area (Å²) >= 11 is 3.51. The molecule has 0 aliphatic carbocycles. The molecule has 1 amide bonds. The van der Waals surface area contributed by atoms with Crippen molar-refractivity contribution in [3.63, 3.8) is 0 Å². The number of nitrogens with one attached hydrogen (secondary N) is 1. The molecule has 0 heterocycles. The highest BCUT2D eigenvalue weighted by Crippen LogP contribution is 2.35. The van der Waals surface area contributed by atoms with Crippen LogP contribution in [0.5, 0.6) is 11.5 Å². The summed E-state index contributed by atoms with van der Waals surface area (Å²) in [6, 6.07) is 9.38. The molecule has 0 radical (unpaired) electrons. The molecular weight excluding hydrogens is 490 g/mol. The maximum atomic E-state index is 13.2. The zero-order valence-electron chi connectivity index (χ0n) is 20.9. The van der Waals surface area contributed by atoms with Crippen molar-refractivity contribution in [2.45, 2.75) is 79.2 Å². The van der Waals surface area contributed by atoms with E-state index in [1.165, 1.54) is 11.1 Å². The molecule has 0 unspecified atom stereocenters. The van der Waals surface area contributed by atoms with E-state index < -0.39 is 0 Å². The van der Waals surface area contributed by atoms with Crippen LogP contribution in [0.3, 0.4) is 0 Å². The number of halogens is 1. The average molecular weight is 529 g/mol. The third-order valence-corrected chi connectivity index (χ3v) is 6.66. The second-order valence-electron chi connectivity index (χ2n) is 9.06. The van der Waals surface area contributed by atoms with E-state index >= 15 is 0 Å². The second kappa shape index (κ2) is 14.0. The van der Waals surface area contributed by atoms with Gasteiger partial charge in [0.2, 0.25) is 0 Å². The summed E-state index contributed by atoms with van der Waals surface area (Å²) in [7, 11) is 0. The molecule has 184 valence electrons. The van der Waals surface area contributed by atoms with Crippen LogP contribution < -0.4 is 5.32 Å². The molecule has 0 bridgehead atoms. The summed E-state index contributed by atoms with van der Waals surface area (Å²) in [5.74, 6) is -0.408. The number of rotatable bonds is 12. The first-order chi connectivity index (χ1) is 16.2. The van der Waals surface area contributed by atoms with Crippen LogP contribution in [-0.4, -0.2) is 16.1 Å². The Hall–Kier alpha value is -2.53. The van der Waals surface area contributed by atoms with Crippen LogP contribution >= 0.6 is 15.9 Å². The zero-order valence-corrected chi connectivity index (χ0v) is 22.5. The molecule has 0 fully saturated rings. The quantitative estimate of drug-likeness (QED) is 0.195. The van der Waals surface area contributed by atoms with Crippen LogP contribution in [0.25, 0.3) is 0 Å². The lowest BCUT2D eigenvalue weighted by Gasteiger charge is -2.17. The van der Waals surface area contributed by atoms with Crippen molar-refractivity contribution in [3.05, 3.63) is 80.4 Å². The number of aromatic hydroxyl groups is 2. The Morgan fingerprint density at radius 2 is 1.79 bits per heavy atom. The molecule has 0 aromatic heterocycles. The Morgan fingerprint density at radius 1 is 1.06 bits per heavy atom. The van der Waals surface area contributed by atoms with Gasteiger partial charge in [-0.15, -0.1) is 0 Å². The predicted octanol–water partition coefficient (Wildman–Crippen LogP) is 7.76. The van der Waals surface area contributed by atoms with Gasteiger partial charge >= 0.3 is 0 Å². The van der Waals surface area contributed by atoms with Crippen molar-refractivity contribution in [3.8, 4) is 11.5 Å². The largest absolute Gasteiger partial charge is 0.508 e. The van der Waals surface area contributed by atoms with Gasteiger partial charge in [0.25, 0.3) is 5.91 Å². The third-order valence-electron chi connectivity index (χ3n) is 5.88. The molecule has 4 nitrogen and oxygen atoms in total. The van der Waals surface area contributed by atoms with Crippen molar-refractivity contribution < 1.29 is 15.0 Å². The summed E-state index contributed by atoms with van der Waals surface area (Å²) in [6.45, 7) is 8.68. The maximum absolute atomic E-state index is 13.2. The van der Waals surface area contributed by atoms with Gasteiger partial charge in [-0.3, -0.25) is 4.79 Å². The Morgan fingerprint density at radius 3 is 2.47 bits per heavy atom. The van der Waals surface area contributed by atoms with Crippen molar-refractivity contribution in [1.82, 2.24) is 5.32 Å². The lowest BCUT2D eigenvalue weighted by atomic mass is 9.94. The van der Waals surface area contributed by atoms with Crippen LogP contribution in [0.4, 0.5) is 0 Å². The number of allylic oxidation sites excluding steroid dienone is 4. The molecular formula is C29H38BrNO3. The van der Waals surface area contributed by atoms with Gasteiger partial charge in [0.05, 0.1) is 5.56 Å². The van der Waals surface area contributed by atoms with Crippen molar-refractivity contribution in [2.75, 3.05) is 0 Å². The number of benzene rings is 2. The maximum Gasteiger partial charge on any atom is 0.255 e. The van der Waals surface area contributed by atoms with E-state index in [0.29, 0.717) is 30.5 Å². The van der Waals surface area contributed by atoms with E-state index in [0.717, 1.165) is 42.1 Å². The van der Waals surface area contributed by atoms with Crippen LogP contribution in [0.2, 0.25) is 0 Å². The van der Waals surface area contributed by atoms with Gasteiger partial charge in [0, 0.05) is 16.6 Å². The number of unbranched alkanes of at least 4 members (excludes halogenated alkanes) is 2. The first-order valence-corrected chi connectivity index (χ1v) is 12.9. The fraction of sp³-hybridized carbons (Fsp3) is 0.414. The highest BCUT2D eigenvalue weighted by molar-refractivity contribution is 9.10. The standard InChI is InChI=1S/C29H38BrNO3/c1-5-6-7-13-22-18-26(32)24(17-16-21(4)12-10-11-20(2)3)28(33)27(22)29(34)31-19-23-14-8-9-15-25(23)30/h8-9,11,14-16,18,32-33H,5-7,10,12-13,17,19H2,1-4H3,(H,31,34)/b21-16+.